The first kappa shape index (κ1) is 19.6. The van der Waals surface area contributed by atoms with Crippen molar-refractivity contribution in [2.75, 3.05) is 5.32 Å². The number of nitro groups is 1. The fourth-order valence-corrected chi connectivity index (χ4v) is 3.33. The van der Waals surface area contributed by atoms with Crippen molar-refractivity contribution in [2.24, 2.45) is 7.05 Å². The summed E-state index contributed by atoms with van der Waals surface area (Å²) in [5.41, 5.74) is 2.43. The number of nitrogens with one attached hydrogen (secondary N) is 1. The van der Waals surface area contributed by atoms with Crippen LogP contribution in [0.3, 0.4) is 0 Å². The molecule has 0 fully saturated rings. The molecule has 0 saturated heterocycles. The lowest BCUT2D eigenvalue weighted by Crippen LogP contribution is -2.22. The molecule has 0 radical (unpaired) electrons. The Hall–Kier alpha value is -3.20. The molecular weight excluding hydrogens is 378 g/mol. The van der Waals surface area contributed by atoms with E-state index >= 15 is 0 Å². The molecule has 1 amide bonds. The van der Waals surface area contributed by atoms with Gasteiger partial charge >= 0.3 is 0 Å². The van der Waals surface area contributed by atoms with Crippen molar-refractivity contribution in [1.29, 1.82) is 0 Å². The number of amides is 1. The lowest BCUT2D eigenvalue weighted by Gasteiger charge is -2.12. The van der Waals surface area contributed by atoms with Gasteiger partial charge in [-0.1, -0.05) is 41.6 Å². The maximum absolute atomic E-state index is 12.4. The van der Waals surface area contributed by atoms with Crippen LogP contribution in [0.25, 0.3) is 11.4 Å². The molecule has 9 heteroatoms. The van der Waals surface area contributed by atoms with Crippen molar-refractivity contribution in [3.8, 4) is 11.4 Å². The molecule has 0 aliphatic heterocycles. The predicted octanol–water partition coefficient (Wildman–Crippen LogP) is 3.82. The second-order valence-electron chi connectivity index (χ2n) is 6.29. The van der Waals surface area contributed by atoms with Gasteiger partial charge in [0.05, 0.1) is 10.2 Å². The second kappa shape index (κ2) is 8.22. The number of non-ortho nitro benzene ring substituents is 1. The third-order valence-electron chi connectivity index (χ3n) is 4.12. The van der Waals surface area contributed by atoms with Crippen molar-refractivity contribution in [1.82, 2.24) is 14.8 Å². The number of carbonyl (C=O) groups is 1. The summed E-state index contributed by atoms with van der Waals surface area (Å²) in [6.45, 7) is 3.77. The molecule has 0 aliphatic rings. The number of rotatable bonds is 6. The van der Waals surface area contributed by atoms with Crippen LogP contribution in [0.15, 0.2) is 53.7 Å². The minimum absolute atomic E-state index is 0.0134. The fraction of sp³-hybridized carbons (Fsp3) is 0.211. The number of hydrogen-bond donors (Lipinski definition) is 1. The van der Waals surface area contributed by atoms with E-state index in [0.29, 0.717) is 16.5 Å². The quantitative estimate of drug-likeness (QED) is 0.385. The van der Waals surface area contributed by atoms with Gasteiger partial charge in [-0.15, -0.1) is 10.2 Å². The molecule has 3 aromatic rings. The van der Waals surface area contributed by atoms with E-state index in [1.807, 2.05) is 31.2 Å². The number of anilines is 1. The van der Waals surface area contributed by atoms with E-state index in [2.05, 4.69) is 15.5 Å². The van der Waals surface area contributed by atoms with Crippen molar-refractivity contribution < 1.29 is 9.72 Å². The van der Waals surface area contributed by atoms with E-state index in [-0.39, 0.29) is 11.6 Å². The first-order valence-electron chi connectivity index (χ1n) is 8.53. The average molecular weight is 397 g/mol. The van der Waals surface area contributed by atoms with Crippen LogP contribution in [-0.4, -0.2) is 30.8 Å². The molecule has 1 N–H and O–H groups in total. The Labute approximate surface area is 166 Å². The van der Waals surface area contributed by atoms with Gasteiger partial charge < -0.3 is 9.88 Å². The third kappa shape index (κ3) is 4.37. The molecule has 0 bridgehead atoms. The van der Waals surface area contributed by atoms with Crippen LogP contribution in [0.2, 0.25) is 0 Å². The van der Waals surface area contributed by atoms with Crippen LogP contribution in [0, 0.1) is 17.0 Å². The first-order chi connectivity index (χ1) is 13.3. The number of nitrogens with zero attached hydrogens (tertiary/aromatic N) is 4. The topological polar surface area (TPSA) is 103 Å². The van der Waals surface area contributed by atoms with Crippen LogP contribution in [0.1, 0.15) is 12.5 Å². The van der Waals surface area contributed by atoms with Crippen LogP contribution in [0.4, 0.5) is 11.4 Å². The van der Waals surface area contributed by atoms with E-state index in [9.17, 15) is 14.9 Å². The normalized spacial score (nSPS) is 11.8. The summed E-state index contributed by atoms with van der Waals surface area (Å²) in [5.74, 6) is 0.353. The summed E-state index contributed by atoms with van der Waals surface area (Å²) in [6.07, 6.45) is 0. The molecule has 2 aromatic carbocycles. The van der Waals surface area contributed by atoms with Gasteiger partial charge in [-0.2, -0.15) is 0 Å². The van der Waals surface area contributed by atoms with Crippen LogP contribution in [-0.2, 0) is 11.8 Å². The van der Waals surface area contributed by atoms with Crippen LogP contribution < -0.4 is 5.32 Å². The molecule has 1 atom stereocenters. The van der Waals surface area contributed by atoms with Gasteiger partial charge in [-0.05, 0) is 26.0 Å². The van der Waals surface area contributed by atoms with Gasteiger partial charge in [-0.25, -0.2) is 0 Å². The average Bonchev–Trinajstić information content (AvgIpc) is 3.04. The third-order valence-corrected chi connectivity index (χ3v) is 5.25. The summed E-state index contributed by atoms with van der Waals surface area (Å²) in [6, 6.07) is 13.8. The summed E-state index contributed by atoms with van der Waals surface area (Å²) >= 11 is 1.27. The number of nitro benzene ring substituents is 1. The predicted molar refractivity (Wildman–Crippen MR) is 108 cm³/mol. The van der Waals surface area contributed by atoms with E-state index in [1.165, 1.54) is 23.9 Å². The maximum Gasteiger partial charge on any atom is 0.270 e. The van der Waals surface area contributed by atoms with Crippen LogP contribution >= 0.6 is 11.8 Å². The number of aromatic nitrogens is 3. The zero-order valence-electron chi connectivity index (χ0n) is 15.6. The maximum atomic E-state index is 12.4. The van der Waals surface area contributed by atoms with Crippen molar-refractivity contribution >= 4 is 29.0 Å². The minimum atomic E-state index is -0.451. The number of thioether (sulfide) groups is 1. The molecule has 0 saturated carbocycles. The Morgan fingerprint density at radius 2 is 1.93 bits per heavy atom. The molecule has 1 heterocycles. The highest BCUT2D eigenvalue weighted by Crippen LogP contribution is 2.28. The molecule has 3 rings (SSSR count). The molecule has 1 aromatic heterocycles. The molecule has 144 valence electrons. The fourth-order valence-electron chi connectivity index (χ4n) is 2.52. The monoisotopic (exact) mass is 397 g/mol. The Morgan fingerprint density at radius 3 is 2.61 bits per heavy atom. The Balaban J connectivity index is 1.73. The molecule has 8 nitrogen and oxygen atoms in total. The first-order valence-corrected chi connectivity index (χ1v) is 9.41. The minimum Gasteiger partial charge on any atom is -0.325 e. The van der Waals surface area contributed by atoms with E-state index in [0.717, 1.165) is 11.3 Å². The Morgan fingerprint density at radius 1 is 1.21 bits per heavy atom. The molecule has 0 spiro atoms. The summed E-state index contributed by atoms with van der Waals surface area (Å²) in [4.78, 5) is 23.0. The second-order valence-corrected chi connectivity index (χ2v) is 7.60. The van der Waals surface area contributed by atoms with Gasteiger partial charge in [0.2, 0.25) is 5.91 Å². The smallest absolute Gasteiger partial charge is 0.270 e. The lowest BCUT2D eigenvalue weighted by atomic mass is 10.2. The SMILES string of the molecule is Cc1ccc(NC(=O)[C@H](C)Sc2nnc(-c3cccc([N+](=O)[O-])c3)n2C)cc1. The number of hydrogen-bond acceptors (Lipinski definition) is 6. The largest absolute Gasteiger partial charge is 0.325 e. The number of carbonyl (C=O) groups excluding carboxylic acids is 1. The highest BCUT2D eigenvalue weighted by Gasteiger charge is 2.20. The van der Waals surface area contributed by atoms with Crippen molar-refractivity contribution in [3.05, 3.63) is 64.2 Å². The van der Waals surface area contributed by atoms with E-state index in [4.69, 9.17) is 0 Å². The molecule has 28 heavy (non-hydrogen) atoms. The van der Waals surface area contributed by atoms with Crippen molar-refractivity contribution in [2.45, 2.75) is 24.3 Å². The zero-order valence-corrected chi connectivity index (χ0v) is 16.4. The highest BCUT2D eigenvalue weighted by molar-refractivity contribution is 8.00. The van der Waals surface area contributed by atoms with E-state index in [1.54, 1.807) is 30.7 Å². The number of benzene rings is 2. The lowest BCUT2D eigenvalue weighted by molar-refractivity contribution is -0.384. The van der Waals surface area contributed by atoms with Gasteiger partial charge in [-0.3, -0.25) is 14.9 Å². The summed E-state index contributed by atoms with van der Waals surface area (Å²) in [5, 5.41) is 22.3. The summed E-state index contributed by atoms with van der Waals surface area (Å²) < 4.78 is 1.72. The summed E-state index contributed by atoms with van der Waals surface area (Å²) in [7, 11) is 1.76. The highest BCUT2D eigenvalue weighted by atomic mass is 32.2. The molecular formula is C19H19N5O3S. The number of aryl methyl sites for hydroxylation is 1. The standard InChI is InChI=1S/C19H19N5O3S/c1-12-7-9-15(10-8-12)20-18(25)13(2)28-19-22-21-17(23(19)3)14-5-4-6-16(11-14)24(26)27/h4-11,13H,1-3H3,(H,20,25)/t13-/m0/s1. The zero-order chi connectivity index (χ0) is 20.3. The Kier molecular flexibility index (Phi) is 5.74. The van der Waals surface area contributed by atoms with Gasteiger partial charge in [0.1, 0.15) is 0 Å². The van der Waals surface area contributed by atoms with Gasteiger partial charge in [0.15, 0.2) is 11.0 Å². The van der Waals surface area contributed by atoms with Crippen LogP contribution in [0.5, 0.6) is 0 Å². The molecule has 0 aliphatic carbocycles. The van der Waals surface area contributed by atoms with Gasteiger partial charge in [0, 0.05) is 30.4 Å². The van der Waals surface area contributed by atoms with Crippen molar-refractivity contribution in [3.63, 3.8) is 0 Å². The van der Waals surface area contributed by atoms with E-state index < -0.39 is 10.2 Å². The van der Waals surface area contributed by atoms with Gasteiger partial charge in [0.25, 0.3) is 5.69 Å². The molecule has 0 unspecified atom stereocenters. The Bertz CT molecular complexity index is 1020.